The first-order valence-electron chi connectivity index (χ1n) is 9.16. The molecule has 1 amide bonds. The first-order chi connectivity index (χ1) is 14.8. The van der Waals surface area contributed by atoms with Gasteiger partial charge in [0.15, 0.2) is 11.5 Å². The Hall–Kier alpha value is -4.39. The first kappa shape index (κ1) is 21.3. The number of ether oxygens (including phenoxy) is 1. The van der Waals surface area contributed by atoms with Crippen LogP contribution in [0.25, 0.3) is 5.76 Å². The number of hydrogen-bond donors (Lipinski definition) is 2. The summed E-state index contributed by atoms with van der Waals surface area (Å²) in [5.41, 5.74) is -0.357. The lowest BCUT2D eigenvalue weighted by molar-refractivity contribution is -0.384. The zero-order chi connectivity index (χ0) is 22.7. The molecule has 0 spiro atoms. The van der Waals surface area contributed by atoms with Gasteiger partial charge in [0.1, 0.15) is 12.3 Å². The Labute approximate surface area is 176 Å². The van der Waals surface area contributed by atoms with Gasteiger partial charge in [-0.1, -0.05) is 18.2 Å². The average molecular weight is 423 g/mol. The maximum Gasteiger partial charge on any atom is 0.296 e. The lowest BCUT2D eigenvalue weighted by atomic mass is 9.95. The number of aromatic hydroxyl groups is 1. The Balaban J connectivity index is 2.23. The highest BCUT2D eigenvalue weighted by molar-refractivity contribution is 6.46. The quantitative estimate of drug-likeness (QED) is 0.179. The number of nitriles is 1. The smallest absolute Gasteiger partial charge is 0.296 e. The van der Waals surface area contributed by atoms with E-state index in [1.54, 1.807) is 6.92 Å². The summed E-state index contributed by atoms with van der Waals surface area (Å²) in [7, 11) is 0. The van der Waals surface area contributed by atoms with E-state index in [2.05, 4.69) is 0 Å². The standard InChI is InChI=1S/C21H17N3O7/c1-2-31-16-11-12(6-7-15(16)25)18-17(20(27)21(28)23(18)9-8-22)19(26)13-4-3-5-14(10-13)24(29)30/h3-7,10-11,18,25-26H,2,9H2,1H3/b19-17+. The number of phenolic OH excluding ortho intramolecular Hbond substituents is 1. The molecule has 1 fully saturated rings. The molecule has 0 radical (unpaired) electrons. The van der Waals surface area contributed by atoms with E-state index >= 15 is 0 Å². The van der Waals surface area contributed by atoms with Crippen molar-refractivity contribution in [1.29, 1.82) is 5.26 Å². The number of aliphatic hydroxyl groups excluding tert-OH is 1. The summed E-state index contributed by atoms with van der Waals surface area (Å²) in [6.45, 7) is 1.51. The third-order valence-electron chi connectivity index (χ3n) is 4.71. The lowest BCUT2D eigenvalue weighted by Gasteiger charge is -2.23. The number of phenols is 1. The predicted octanol–water partition coefficient (Wildman–Crippen LogP) is 2.64. The van der Waals surface area contributed by atoms with Crippen LogP contribution in [0.5, 0.6) is 11.5 Å². The van der Waals surface area contributed by atoms with Crippen LogP contribution >= 0.6 is 0 Å². The van der Waals surface area contributed by atoms with Gasteiger partial charge in [-0.05, 0) is 24.6 Å². The zero-order valence-corrected chi connectivity index (χ0v) is 16.3. The van der Waals surface area contributed by atoms with Crippen LogP contribution in [0.2, 0.25) is 0 Å². The van der Waals surface area contributed by atoms with Crippen molar-refractivity contribution >= 4 is 23.1 Å². The van der Waals surface area contributed by atoms with Crippen LogP contribution in [0.3, 0.4) is 0 Å². The number of non-ortho nitro benzene ring substituents is 1. The second-order valence-electron chi connectivity index (χ2n) is 6.55. The molecule has 0 aliphatic carbocycles. The van der Waals surface area contributed by atoms with E-state index in [1.165, 1.54) is 36.4 Å². The van der Waals surface area contributed by atoms with Gasteiger partial charge in [-0.2, -0.15) is 5.26 Å². The van der Waals surface area contributed by atoms with Gasteiger partial charge < -0.3 is 19.8 Å². The number of rotatable bonds is 6. The summed E-state index contributed by atoms with van der Waals surface area (Å²) in [6.07, 6.45) is 0. The number of amides is 1. The maximum absolute atomic E-state index is 12.8. The zero-order valence-electron chi connectivity index (χ0n) is 16.3. The topological polar surface area (TPSA) is 154 Å². The Morgan fingerprint density at radius 3 is 2.68 bits per heavy atom. The highest BCUT2D eigenvalue weighted by Crippen LogP contribution is 2.41. The van der Waals surface area contributed by atoms with Gasteiger partial charge in [0.2, 0.25) is 0 Å². The Morgan fingerprint density at radius 1 is 1.29 bits per heavy atom. The normalized spacial score (nSPS) is 17.4. The number of nitro groups is 1. The minimum absolute atomic E-state index is 0.0297. The van der Waals surface area contributed by atoms with Crippen LogP contribution in [0.1, 0.15) is 24.1 Å². The van der Waals surface area contributed by atoms with E-state index in [-0.39, 0.29) is 34.9 Å². The Kier molecular flexibility index (Phi) is 5.88. The highest BCUT2D eigenvalue weighted by Gasteiger charge is 2.46. The molecular formula is C21H17N3O7. The average Bonchev–Trinajstić information content (AvgIpc) is 3.00. The van der Waals surface area contributed by atoms with Crippen molar-refractivity contribution in [1.82, 2.24) is 4.90 Å². The number of carbonyl (C=O) groups is 2. The van der Waals surface area contributed by atoms with Gasteiger partial charge >= 0.3 is 0 Å². The van der Waals surface area contributed by atoms with Crippen molar-refractivity contribution in [3.63, 3.8) is 0 Å². The Bertz CT molecular complexity index is 1150. The minimum Gasteiger partial charge on any atom is -0.507 e. The van der Waals surface area contributed by atoms with Crippen LogP contribution in [-0.2, 0) is 9.59 Å². The largest absolute Gasteiger partial charge is 0.507 e. The number of hydrogen-bond acceptors (Lipinski definition) is 8. The van der Waals surface area contributed by atoms with Crippen molar-refractivity contribution in [3.8, 4) is 17.6 Å². The van der Waals surface area contributed by atoms with Crippen molar-refractivity contribution < 1.29 is 29.5 Å². The molecule has 1 aliphatic heterocycles. The molecule has 1 saturated heterocycles. The SMILES string of the molecule is CCOc1cc(C2/C(=C(\O)c3cccc([N+](=O)[O-])c3)C(=O)C(=O)N2CC#N)ccc1O. The second-order valence-corrected chi connectivity index (χ2v) is 6.55. The van der Waals surface area contributed by atoms with Crippen molar-refractivity contribution in [2.75, 3.05) is 13.2 Å². The fraction of sp³-hybridized carbons (Fsp3) is 0.190. The summed E-state index contributed by atoms with van der Waals surface area (Å²) >= 11 is 0. The van der Waals surface area contributed by atoms with Gasteiger partial charge in [0, 0.05) is 17.7 Å². The molecule has 0 aromatic heterocycles. The Morgan fingerprint density at radius 2 is 2.03 bits per heavy atom. The molecule has 1 aliphatic rings. The third-order valence-corrected chi connectivity index (χ3v) is 4.71. The maximum atomic E-state index is 12.8. The number of likely N-dealkylation sites (tertiary alicyclic amines) is 1. The van der Waals surface area contributed by atoms with Crippen molar-refractivity contribution in [3.05, 3.63) is 69.3 Å². The lowest BCUT2D eigenvalue weighted by Crippen LogP contribution is -2.30. The molecule has 0 bridgehead atoms. The van der Waals surface area contributed by atoms with Gasteiger partial charge in [-0.25, -0.2) is 0 Å². The number of Topliss-reactive ketones (excluding diaryl/α,β-unsaturated/α-hetero) is 1. The molecule has 10 nitrogen and oxygen atoms in total. The summed E-state index contributed by atoms with van der Waals surface area (Å²) < 4.78 is 5.35. The molecule has 1 unspecified atom stereocenters. The van der Waals surface area contributed by atoms with E-state index in [4.69, 9.17) is 10.00 Å². The van der Waals surface area contributed by atoms with Crippen molar-refractivity contribution in [2.45, 2.75) is 13.0 Å². The van der Waals surface area contributed by atoms with Gasteiger partial charge in [0.05, 0.1) is 29.2 Å². The van der Waals surface area contributed by atoms with Crippen LogP contribution in [0.15, 0.2) is 48.0 Å². The van der Waals surface area contributed by atoms with E-state index in [0.29, 0.717) is 5.56 Å². The van der Waals surface area contributed by atoms with E-state index < -0.39 is 35.0 Å². The molecule has 31 heavy (non-hydrogen) atoms. The number of benzene rings is 2. The molecule has 3 rings (SSSR count). The van der Waals surface area contributed by atoms with E-state index in [0.717, 1.165) is 11.0 Å². The van der Waals surface area contributed by atoms with E-state index in [9.17, 15) is 29.9 Å². The fourth-order valence-electron chi connectivity index (χ4n) is 3.36. The summed E-state index contributed by atoms with van der Waals surface area (Å²) in [6, 6.07) is 9.79. The van der Waals surface area contributed by atoms with Crippen LogP contribution in [0.4, 0.5) is 5.69 Å². The summed E-state index contributed by atoms with van der Waals surface area (Å²) in [4.78, 5) is 36.7. The fourth-order valence-corrected chi connectivity index (χ4v) is 3.36. The highest BCUT2D eigenvalue weighted by atomic mass is 16.6. The second kappa shape index (κ2) is 8.54. The number of nitro benzene ring substituents is 1. The molecular weight excluding hydrogens is 406 g/mol. The molecule has 2 aromatic rings. The molecule has 1 heterocycles. The molecule has 10 heteroatoms. The molecule has 158 valence electrons. The van der Waals surface area contributed by atoms with Gasteiger partial charge in [-0.15, -0.1) is 0 Å². The number of ketones is 1. The predicted molar refractivity (Wildman–Crippen MR) is 107 cm³/mol. The molecule has 2 aromatic carbocycles. The third kappa shape index (κ3) is 3.89. The van der Waals surface area contributed by atoms with Crippen LogP contribution in [-0.4, -0.2) is 44.9 Å². The van der Waals surface area contributed by atoms with Gasteiger partial charge in [-0.3, -0.25) is 19.7 Å². The first-order valence-corrected chi connectivity index (χ1v) is 9.16. The summed E-state index contributed by atoms with van der Waals surface area (Å²) in [5.74, 6) is -2.71. The van der Waals surface area contributed by atoms with E-state index in [1.807, 2.05) is 6.07 Å². The van der Waals surface area contributed by atoms with Crippen molar-refractivity contribution in [2.24, 2.45) is 0 Å². The number of nitrogens with zero attached hydrogens (tertiary/aromatic N) is 3. The minimum atomic E-state index is -1.15. The monoisotopic (exact) mass is 423 g/mol. The summed E-state index contributed by atoms with van der Waals surface area (Å²) in [5, 5.41) is 41.0. The number of carbonyl (C=O) groups excluding carboxylic acids is 2. The molecule has 2 N–H and O–H groups in total. The number of aliphatic hydroxyl groups is 1. The molecule has 0 saturated carbocycles. The van der Waals surface area contributed by atoms with Crippen LogP contribution < -0.4 is 4.74 Å². The molecule has 1 atom stereocenters. The van der Waals surface area contributed by atoms with Gasteiger partial charge in [0.25, 0.3) is 17.4 Å². The van der Waals surface area contributed by atoms with Crippen LogP contribution in [0, 0.1) is 21.4 Å².